The summed E-state index contributed by atoms with van der Waals surface area (Å²) < 4.78 is 1.96. The molecule has 0 bridgehead atoms. The van der Waals surface area contributed by atoms with Crippen LogP contribution in [0, 0.1) is 6.92 Å². The summed E-state index contributed by atoms with van der Waals surface area (Å²) in [4.78, 5) is 0. The molecule has 0 aliphatic heterocycles. The Bertz CT molecular complexity index is 1050. The van der Waals surface area contributed by atoms with E-state index in [-0.39, 0.29) is 6.04 Å². The number of aryl methyl sites for hydroxylation is 2. The first kappa shape index (κ1) is 17.8. The predicted octanol–water partition coefficient (Wildman–Crippen LogP) is 4.35. The minimum atomic E-state index is 0.0868. The number of aromatic amines is 1. The van der Waals surface area contributed by atoms with Crippen LogP contribution in [0.15, 0.2) is 54.9 Å². The van der Waals surface area contributed by atoms with Crippen molar-refractivity contribution in [1.29, 1.82) is 0 Å². The van der Waals surface area contributed by atoms with Crippen molar-refractivity contribution in [2.75, 3.05) is 0 Å². The van der Waals surface area contributed by atoms with Gasteiger partial charge in [-0.2, -0.15) is 10.2 Å². The highest BCUT2D eigenvalue weighted by Gasteiger charge is 2.08. The number of nitrogens with two attached hydrogens (primary N) is 1. The third kappa shape index (κ3) is 4.04. The van der Waals surface area contributed by atoms with Crippen molar-refractivity contribution >= 4 is 22.5 Å². The first-order valence-electron chi connectivity index (χ1n) is 9.06. The Labute approximate surface area is 163 Å². The lowest BCUT2D eigenvalue weighted by Crippen LogP contribution is -2.24. The van der Waals surface area contributed by atoms with E-state index in [4.69, 9.17) is 17.3 Å². The van der Waals surface area contributed by atoms with Gasteiger partial charge in [0, 0.05) is 34.8 Å². The van der Waals surface area contributed by atoms with Crippen LogP contribution in [0.3, 0.4) is 0 Å². The molecule has 0 saturated heterocycles. The Balaban J connectivity index is 1.40. The van der Waals surface area contributed by atoms with Gasteiger partial charge in [-0.25, -0.2) is 0 Å². The molecule has 1 unspecified atom stereocenters. The van der Waals surface area contributed by atoms with Crippen molar-refractivity contribution in [1.82, 2.24) is 20.0 Å². The van der Waals surface area contributed by atoms with Crippen molar-refractivity contribution in [3.8, 4) is 11.1 Å². The lowest BCUT2D eigenvalue weighted by molar-refractivity contribution is 0.507. The van der Waals surface area contributed by atoms with Crippen LogP contribution in [-0.4, -0.2) is 26.0 Å². The third-order valence-corrected chi connectivity index (χ3v) is 5.11. The largest absolute Gasteiger partial charge is 0.327 e. The smallest absolute Gasteiger partial charge is 0.0670 e. The zero-order chi connectivity index (χ0) is 18.8. The van der Waals surface area contributed by atoms with Crippen LogP contribution in [0.4, 0.5) is 0 Å². The Morgan fingerprint density at radius 1 is 1.15 bits per heavy atom. The number of H-pyrrole nitrogens is 1. The second-order valence-electron chi connectivity index (χ2n) is 6.94. The Morgan fingerprint density at radius 3 is 2.78 bits per heavy atom. The highest BCUT2D eigenvalue weighted by atomic mass is 35.5. The Kier molecular flexibility index (Phi) is 4.97. The van der Waals surface area contributed by atoms with E-state index in [1.807, 2.05) is 42.1 Å². The fourth-order valence-corrected chi connectivity index (χ4v) is 3.41. The van der Waals surface area contributed by atoms with Gasteiger partial charge in [-0.15, -0.1) is 0 Å². The molecule has 0 aliphatic carbocycles. The fourth-order valence-electron chi connectivity index (χ4n) is 3.28. The number of benzene rings is 2. The molecule has 3 N–H and O–H groups in total. The minimum Gasteiger partial charge on any atom is -0.327 e. The van der Waals surface area contributed by atoms with E-state index in [0.717, 1.165) is 52.1 Å². The fraction of sp³-hybridized carbons (Fsp3) is 0.238. The molecular weight excluding hydrogens is 358 g/mol. The molecule has 2 aromatic heterocycles. The average molecular weight is 380 g/mol. The summed E-state index contributed by atoms with van der Waals surface area (Å²) in [7, 11) is 0. The molecule has 0 spiro atoms. The second-order valence-corrected chi connectivity index (χ2v) is 7.38. The van der Waals surface area contributed by atoms with E-state index in [1.54, 1.807) is 0 Å². The van der Waals surface area contributed by atoms with Crippen LogP contribution in [0.25, 0.3) is 22.0 Å². The van der Waals surface area contributed by atoms with Gasteiger partial charge in [0.25, 0.3) is 0 Å². The highest BCUT2D eigenvalue weighted by Crippen LogP contribution is 2.24. The molecule has 0 amide bonds. The van der Waals surface area contributed by atoms with Crippen LogP contribution in [0.1, 0.15) is 17.7 Å². The van der Waals surface area contributed by atoms with Crippen LogP contribution in [-0.2, 0) is 13.0 Å². The molecule has 138 valence electrons. The van der Waals surface area contributed by atoms with Crippen LogP contribution < -0.4 is 5.73 Å². The number of aromatic nitrogens is 4. The number of halogens is 1. The standard InChI is InChI=1S/C21H22ClN5/c1-14-20-11-16(4-7-21(20)26-25-14)17-12-24-27(13-17)9-8-19(23)10-15-2-5-18(22)6-3-15/h2-7,11-13,19H,8-10,23H2,1H3,(H,25,26). The van der Waals surface area contributed by atoms with Crippen molar-refractivity contribution in [2.24, 2.45) is 5.73 Å². The molecule has 0 aliphatic rings. The Hall–Kier alpha value is -2.63. The zero-order valence-corrected chi connectivity index (χ0v) is 15.9. The molecule has 2 aromatic carbocycles. The van der Waals surface area contributed by atoms with Crippen LogP contribution in [0.5, 0.6) is 0 Å². The number of hydrogen-bond acceptors (Lipinski definition) is 3. The van der Waals surface area contributed by atoms with E-state index in [1.165, 1.54) is 5.56 Å². The van der Waals surface area contributed by atoms with Gasteiger partial charge in [0.15, 0.2) is 0 Å². The topological polar surface area (TPSA) is 72.5 Å². The summed E-state index contributed by atoms with van der Waals surface area (Å²) in [5.74, 6) is 0. The number of rotatable bonds is 6. The number of fused-ring (bicyclic) bond motifs is 1. The number of nitrogens with one attached hydrogen (secondary N) is 1. The SMILES string of the molecule is Cc1n[nH]c2ccc(-c3cnn(CCC(N)Cc4ccc(Cl)cc4)c3)cc12. The van der Waals surface area contributed by atoms with Crippen LogP contribution >= 0.6 is 11.6 Å². The summed E-state index contributed by atoms with van der Waals surface area (Å²) in [6.45, 7) is 2.80. The maximum absolute atomic E-state index is 6.29. The second kappa shape index (κ2) is 7.55. The average Bonchev–Trinajstić information content (AvgIpc) is 3.29. The number of hydrogen-bond donors (Lipinski definition) is 2. The molecule has 1 atom stereocenters. The third-order valence-electron chi connectivity index (χ3n) is 4.86. The van der Waals surface area contributed by atoms with Gasteiger partial charge in [0.2, 0.25) is 0 Å². The molecular formula is C21H22ClN5. The lowest BCUT2D eigenvalue weighted by atomic mass is 10.0. The summed E-state index contributed by atoms with van der Waals surface area (Å²) in [6.07, 6.45) is 5.68. The molecule has 0 fully saturated rings. The molecule has 0 radical (unpaired) electrons. The monoisotopic (exact) mass is 379 g/mol. The molecule has 4 aromatic rings. The minimum absolute atomic E-state index is 0.0868. The van der Waals surface area contributed by atoms with Crippen molar-refractivity contribution in [3.63, 3.8) is 0 Å². The van der Waals surface area contributed by atoms with Crippen LogP contribution in [0.2, 0.25) is 5.02 Å². The molecule has 4 rings (SSSR count). The van der Waals surface area contributed by atoms with E-state index in [9.17, 15) is 0 Å². The van der Waals surface area contributed by atoms with Gasteiger partial charge in [0.05, 0.1) is 17.4 Å². The number of nitrogens with zero attached hydrogens (tertiary/aromatic N) is 3. The predicted molar refractivity (Wildman–Crippen MR) is 110 cm³/mol. The molecule has 6 heteroatoms. The van der Waals surface area contributed by atoms with Gasteiger partial charge < -0.3 is 5.73 Å². The van der Waals surface area contributed by atoms with Gasteiger partial charge >= 0.3 is 0 Å². The van der Waals surface area contributed by atoms with Crippen molar-refractivity contribution < 1.29 is 0 Å². The summed E-state index contributed by atoms with van der Waals surface area (Å²) in [5.41, 5.74) is 11.8. The highest BCUT2D eigenvalue weighted by molar-refractivity contribution is 6.30. The molecule has 27 heavy (non-hydrogen) atoms. The van der Waals surface area contributed by atoms with E-state index in [0.29, 0.717) is 0 Å². The maximum atomic E-state index is 6.29. The zero-order valence-electron chi connectivity index (χ0n) is 15.2. The van der Waals surface area contributed by atoms with Gasteiger partial charge in [-0.1, -0.05) is 29.8 Å². The van der Waals surface area contributed by atoms with E-state index >= 15 is 0 Å². The summed E-state index contributed by atoms with van der Waals surface area (Å²) in [5, 5.41) is 13.7. The first-order chi connectivity index (χ1) is 13.1. The molecule has 5 nitrogen and oxygen atoms in total. The van der Waals surface area contributed by atoms with E-state index in [2.05, 4.69) is 39.7 Å². The molecule has 0 saturated carbocycles. The molecule has 2 heterocycles. The van der Waals surface area contributed by atoms with Crippen molar-refractivity contribution in [2.45, 2.75) is 32.4 Å². The quantitative estimate of drug-likeness (QED) is 0.523. The first-order valence-corrected chi connectivity index (χ1v) is 9.44. The van der Waals surface area contributed by atoms with Gasteiger partial charge in [-0.05, 0) is 55.2 Å². The van der Waals surface area contributed by atoms with Gasteiger partial charge in [0.1, 0.15) is 0 Å². The normalized spacial score (nSPS) is 12.6. The summed E-state index contributed by atoms with van der Waals surface area (Å²) in [6, 6.07) is 14.3. The van der Waals surface area contributed by atoms with E-state index < -0.39 is 0 Å². The maximum Gasteiger partial charge on any atom is 0.0670 e. The van der Waals surface area contributed by atoms with Gasteiger partial charge in [-0.3, -0.25) is 9.78 Å². The Morgan fingerprint density at radius 2 is 1.96 bits per heavy atom. The lowest BCUT2D eigenvalue weighted by Gasteiger charge is -2.11. The van der Waals surface area contributed by atoms with Crippen molar-refractivity contribution in [3.05, 3.63) is 71.1 Å². The summed E-state index contributed by atoms with van der Waals surface area (Å²) >= 11 is 5.93.